The largest absolute Gasteiger partial charge is 0.362 e. The molecule has 0 saturated carbocycles. The molecule has 0 spiro atoms. The topological polar surface area (TPSA) is 157 Å². The summed E-state index contributed by atoms with van der Waals surface area (Å²) in [7, 11) is 0. The number of aromatic amines is 2. The Kier molecular flexibility index (Phi) is 11.4. The molecule has 0 aliphatic rings. The lowest BCUT2D eigenvalue weighted by Crippen LogP contribution is -2.30. The van der Waals surface area contributed by atoms with Crippen molar-refractivity contribution in [1.29, 1.82) is 0 Å². The molecule has 2 heterocycles. The van der Waals surface area contributed by atoms with Gasteiger partial charge in [0, 0.05) is 52.5 Å². The summed E-state index contributed by atoms with van der Waals surface area (Å²) in [6.45, 7) is 10.4. The molecular formula is C40H40Cl4N6O5. The Balaban J connectivity index is 1.17. The molecule has 11 nitrogen and oxygen atoms in total. The van der Waals surface area contributed by atoms with Gasteiger partial charge in [0.25, 0.3) is 0 Å². The molecule has 0 aliphatic carbocycles. The van der Waals surface area contributed by atoms with E-state index in [1.807, 2.05) is 41.5 Å². The van der Waals surface area contributed by atoms with Crippen LogP contribution in [0, 0.1) is 10.8 Å². The second-order valence-electron chi connectivity index (χ2n) is 14.7. The van der Waals surface area contributed by atoms with Crippen LogP contribution >= 0.6 is 46.4 Å². The number of amides is 4. The van der Waals surface area contributed by atoms with Crippen molar-refractivity contribution in [2.24, 2.45) is 10.8 Å². The summed E-state index contributed by atoms with van der Waals surface area (Å²) < 4.78 is 5.51. The molecule has 0 fully saturated rings. The van der Waals surface area contributed by atoms with Gasteiger partial charge in [-0.25, -0.2) is 0 Å². The molecule has 0 bridgehead atoms. The minimum absolute atomic E-state index is 0.165. The molecule has 0 saturated heterocycles. The predicted octanol–water partition coefficient (Wildman–Crippen LogP) is 10.9. The minimum Gasteiger partial charge on any atom is -0.362 e. The van der Waals surface area contributed by atoms with Gasteiger partial charge in [0.05, 0.1) is 44.8 Å². The smallest absolute Gasteiger partial charge is 0.250 e. The van der Waals surface area contributed by atoms with Crippen LogP contribution in [0.3, 0.4) is 0 Å². The lowest BCUT2D eigenvalue weighted by Gasteiger charge is -2.21. The monoisotopic (exact) mass is 824 g/mol. The summed E-state index contributed by atoms with van der Waals surface area (Å²) in [6, 6.07) is 13.5. The minimum atomic E-state index is -0.610. The molecule has 15 heteroatoms. The average Bonchev–Trinajstić information content (AvgIpc) is 3.67. The first-order valence-corrected chi connectivity index (χ1v) is 19.1. The van der Waals surface area contributed by atoms with Gasteiger partial charge < -0.3 is 36.0 Å². The second-order valence-corrected chi connectivity index (χ2v) is 16.5. The fraction of sp³-hybridized carbons (Fsp3) is 0.300. The van der Waals surface area contributed by atoms with Crippen LogP contribution in [0.5, 0.6) is 0 Å². The number of benzene rings is 4. The van der Waals surface area contributed by atoms with Gasteiger partial charge >= 0.3 is 0 Å². The van der Waals surface area contributed by atoms with Crippen molar-refractivity contribution in [3.63, 3.8) is 0 Å². The fourth-order valence-corrected chi connectivity index (χ4v) is 6.85. The highest BCUT2D eigenvalue weighted by molar-refractivity contribution is 6.36. The maximum atomic E-state index is 13.1. The van der Waals surface area contributed by atoms with Gasteiger partial charge in [-0.05, 0) is 61.4 Å². The molecule has 288 valence electrons. The number of fused-ring (bicyclic) bond motifs is 6. The van der Waals surface area contributed by atoms with Gasteiger partial charge in [-0.2, -0.15) is 0 Å². The zero-order valence-corrected chi connectivity index (χ0v) is 34.0. The van der Waals surface area contributed by atoms with Crippen LogP contribution in [0.4, 0.5) is 22.7 Å². The molecule has 0 radical (unpaired) electrons. The van der Waals surface area contributed by atoms with Crippen LogP contribution in [0.1, 0.15) is 54.4 Å². The van der Waals surface area contributed by atoms with E-state index < -0.39 is 35.9 Å². The Morgan fingerprint density at radius 2 is 0.782 bits per heavy atom. The van der Waals surface area contributed by atoms with E-state index in [4.69, 9.17) is 51.1 Å². The first-order chi connectivity index (χ1) is 25.9. The number of aromatic nitrogens is 2. The van der Waals surface area contributed by atoms with E-state index >= 15 is 0 Å². The molecule has 0 atom stereocenters. The summed E-state index contributed by atoms with van der Waals surface area (Å²) in [6.07, 6.45) is 1.27. The highest BCUT2D eigenvalue weighted by Crippen LogP contribution is 2.40. The summed E-state index contributed by atoms with van der Waals surface area (Å²) in [5, 5.41) is 15.9. The number of carbonyl (C=O) groups excluding carboxylic acids is 4. The van der Waals surface area contributed by atoms with E-state index in [0.29, 0.717) is 99.3 Å². The van der Waals surface area contributed by atoms with Crippen molar-refractivity contribution in [2.75, 3.05) is 34.5 Å². The third kappa shape index (κ3) is 8.36. The number of hydrogen-bond donors (Lipinski definition) is 6. The van der Waals surface area contributed by atoms with Crippen LogP contribution in [-0.4, -0.2) is 46.8 Å². The highest BCUT2D eigenvalue weighted by atomic mass is 35.5. The van der Waals surface area contributed by atoms with Gasteiger partial charge in [-0.15, -0.1) is 0 Å². The fourth-order valence-electron chi connectivity index (χ4n) is 5.97. The first kappa shape index (κ1) is 40.2. The number of rotatable bonds is 12. The molecule has 2 aromatic heterocycles. The van der Waals surface area contributed by atoms with Crippen molar-refractivity contribution in [1.82, 2.24) is 9.97 Å². The Bertz CT molecular complexity index is 2370. The third-order valence-corrected chi connectivity index (χ3v) is 10.9. The van der Waals surface area contributed by atoms with Gasteiger partial charge in [-0.3, -0.25) is 19.2 Å². The second kappa shape index (κ2) is 15.5. The zero-order chi connectivity index (χ0) is 40.0. The first-order valence-electron chi connectivity index (χ1n) is 17.6. The number of ether oxygens (including phenoxy) is 1. The zero-order valence-electron chi connectivity index (χ0n) is 31.0. The number of H-pyrrole nitrogens is 2. The summed E-state index contributed by atoms with van der Waals surface area (Å²) in [5.41, 5.74) is 2.83. The average molecular weight is 827 g/mol. The van der Waals surface area contributed by atoms with Crippen LogP contribution in [0.25, 0.3) is 43.6 Å². The summed E-state index contributed by atoms with van der Waals surface area (Å²) >= 11 is 25.9. The molecule has 4 amide bonds. The maximum Gasteiger partial charge on any atom is 0.250 e. The van der Waals surface area contributed by atoms with E-state index in [-0.39, 0.29) is 11.8 Å². The molecule has 0 unspecified atom stereocenters. The number of halogens is 4. The van der Waals surface area contributed by atoms with E-state index in [9.17, 15) is 19.2 Å². The summed E-state index contributed by atoms with van der Waals surface area (Å²) in [4.78, 5) is 58.9. The van der Waals surface area contributed by atoms with E-state index in [1.54, 1.807) is 48.5 Å². The van der Waals surface area contributed by atoms with Crippen LogP contribution in [-0.2, 0) is 23.9 Å². The van der Waals surface area contributed by atoms with Gasteiger partial charge in [-0.1, -0.05) is 87.9 Å². The van der Waals surface area contributed by atoms with Crippen LogP contribution < -0.4 is 21.3 Å². The van der Waals surface area contributed by atoms with Crippen LogP contribution in [0.2, 0.25) is 20.1 Å². The Hall–Kier alpha value is -4.52. The molecular weight excluding hydrogens is 786 g/mol. The van der Waals surface area contributed by atoms with Crippen molar-refractivity contribution in [3.8, 4) is 0 Å². The molecule has 55 heavy (non-hydrogen) atoms. The van der Waals surface area contributed by atoms with Crippen molar-refractivity contribution >= 4 is 136 Å². The maximum absolute atomic E-state index is 13.1. The van der Waals surface area contributed by atoms with E-state index in [2.05, 4.69) is 31.2 Å². The molecule has 4 aromatic carbocycles. The normalized spacial score (nSPS) is 12.1. The standard InChI is InChI=1S/C40H40Cl4N6O5/c1-7-39(3,4)37(53)47-29-15-21(43)11-25-23-9-19(41)13-27(33(23)49-35(25)29)45-31(51)17-55-18-32(52)46-28-14-20(42)10-24-26-12-22(44)16-30(36(26)50-34(24)28)48-38(54)40(5,6)8-2/h9-16,49-50H,7-8,17-18H2,1-6H3,(H,45,51)(H,46,52)(H,47,53)(H,48,54). The number of hydrogen-bond acceptors (Lipinski definition) is 5. The molecule has 6 aromatic rings. The predicted molar refractivity (Wildman–Crippen MR) is 225 cm³/mol. The van der Waals surface area contributed by atoms with E-state index in [1.165, 1.54) is 0 Å². The Morgan fingerprint density at radius 3 is 1.05 bits per heavy atom. The Morgan fingerprint density at radius 1 is 0.509 bits per heavy atom. The number of nitrogens with one attached hydrogen (secondary N) is 6. The van der Waals surface area contributed by atoms with E-state index in [0.717, 1.165) is 0 Å². The number of anilines is 4. The molecule has 0 aliphatic heterocycles. The van der Waals surface area contributed by atoms with Gasteiger partial charge in [0.1, 0.15) is 13.2 Å². The van der Waals surface area contributed by atoms with Crippen molar-refractivity contribution < 1.29 is 23.9 Å². The quantitative estimate of drug-likeness (QED) is 0.0724. The SMILES string of the molecule is CCC(C)(C)C(=O)Nc1cc(Cl)cc2c1[nH]c1c(NC(=O)COCC(=O)Nc3cc(Cl)cc4c3[nH]c3c(NC(=O)C(C)(C)CC)cc(Cl)cc34)cc(Cl)cc12. The number of carbonyl (C=O) groups is 4. The van der Waals surface area contributed by atoms with Gasteiger partial charge in [0.2, 0.25) is 23.6 Å². The van der Waals surface area contributed by atoms with Crippen LogP contribution in [0.15, 0.2) is 48.5 Å². The van der Waals surface area contributed by atoms with Crippen molar-refractivity contribution in [3.05, 3.63) is 68.6 Å². The lowest BCUT2D eigenvalue weighted by molar-refractivity contribution is -0.126. The lowest BCUT2D eigenvalue weighted by atomic mass is 9.89. The molecule has 6 rings (SSSR count). The highest BCUT2D eigenvalue weighted by Gasteiger charge is 2.28. The molecule has 6 N–H and O–H groups in total. The third-order valence-electron chi connectivity index (χ3n) is 10.0. The Labute approximate surface area is 337 Å². The summed E-state index contributed by atoms with van der Waals surface area (Å²) in [5.74, 6) is -1.40. The van der Waals surface area contributed by atoms with Gasteiger partial charge in [0.15, 0.2) is 0 Å². The van der Waals surface area contributed by atoms with Crippen molar-refractivity contribution in [2.45, 2.75) is 54.4 Å².